The number of aryl methyl sites for hydroxylation is 2. The first-order valence-corrected chi connectivity index (χ1v) is 5.45. The van der Waals surface area contributed by atoms with Crippen LogP contribution in [0, 0.1) is 19.8 Å². The first-order valence-electron chi connectivity index (χ1n) is 5.45. The average Bonchev–Trinajstić information content (AvgIpc) is 2.22. The molecular weight excluding hydrogens is 218 g/mol. The van der Waals surface area contributed by atoms with E-state index in [1.165, 1.54) is 0 Å². The Hall–Kier alpha value is -1.84. The van der Waals surface area contributed by atoms with Crippen molar-refractivity contribution in [3.05, 3.63) is 34.4 Å². The summed E-state index contributed by atoms with van der Waals surface area (Å²) < 4.78 is 0. The minimum Gasteiger partial charge on any atom is -0.481 e. The van der Waals surface area contributed by atoms with E-state index in [0.717, 1.165) is 16.7 Å². The molecule has 1 aromatic rings. The Morgan fingerprint density at radius 2 is 1.76 bits per heavy atom. The smallest absolute Gasteiger partial charge is 0.306 e. The van der Waals surface area contributed by atoms with E-state index in [1.54, 1.807) is 19.1 Å². The Kier molecular flexibility index (Phi) is 3.89. The van der Waals surface area contributed by atoms with Crippen LogP contribution in [-0.2, 0) is 11.2 Å². The highest BCUT2D eigenvalue weighted by molar-refractivity contribution is 5.93. The van der Waals surface area contributed by atoms with Crippen molar-refractivity contribution in [2.75, 3.05) is 0 Å². The Morgan fingerprint density at radius 1 is 1.29 bits per heavy atom. The molecule has 0 aliphatic heterocycles. The topological polar surface area (TPSA) is 80.4 Å². The van der Waals surface area contributed by atoms with Crippen LogP contribution in [0.15, 0.2) is 12.1 Å². The number of carboxylic acid groups (broad SMARTS) is 1. The first kappa shape index (κ1) is 13.2. The SMILES string of the molecule is Cc1cc(C(N)=O)cc(C)c1CC(C)C(=O)O. The van der Waals surface area contributed by atoms with Gasteiger partial charge in [0.05, 0.1) is 5.92 Å². The Morgan fingerprint density at radius 3 is 2.12 bits per heavy atom. The minimum absolute atomic E-state index is 0.438. The van der Waals surface area contributed by atoms with Crippen LogP contribution in [0.25, 0.3) is 0 Å². The monoisotopic (exact) mass is 235 g/mol. The highest BCUT2D eigenvalue weighted by Gasteiger charge is 2.15. The maximum atomic E-state index is 11.1. The van der Waals surface area contributed by atoms with Gasteiger partial charge in [-0.1, -0.05) is 6.92 Å². The molecule has 1 rings (SSSR count). The number of hydrogen-bond acceptors (Lipinski definition) is 2. The summed E-state index contributed by atoms with van der Waals surface area (Å²) in [7, 11) is 0. The van der Waals surface area contributed by atoms with Crippen molar-refractivity contribution in [2.45, 2.75) is 27.2 Å². The lowest BCUT2D eigenvalue weighted by atomic mass is 9.92. The van der Waals surface area contributed by atoms with E-state index >= 15 is 0 Å². The molecule has 0 bridgehead atoms. The lowest BCUT2D eigenvalue weighted by Gasteiger charge is -2.13. The summed E-state index contributed by atoms with van der Waals surface area (Å²) in [5.41, 5.74) is 8.48. The molecule has 1 unspecified atom stereocenters. The summed E-state index contributed by atoms with van der Waals surface area (Å²) >= 11 is 0. The fraction of sp³-hybridized carbons (Fsp3) is 0.385. The summed E-state index contributed by atoms with van der Waals surface area (Å²) in [6, 6.07) is 3.42. The second kappa shape index (κ2) is 4.99. The third-order valence-corrected chi connectivity index (χ3v) is 2.91. The summed E-state index contributed by atoms with van der Waals surface area (Å²) in [5, 5.41) is 8.89. The summed E-state index contributed by atoms with van der Waals surface area (Å²) in [6.07, 6.45) is 0.464. The Labute approximate surface area is 100 Å². The lowest BCUT2D eigenvalue weighted by Crippen LogP contribution is -2.16. The number of carbonyl (C=O) groups excluding carboxylic acids is 1. The maximum Gasteiger partial charge on any atom is 0.306 e. The van der Waals surface area contributed by atoms with Gasteiger partial charge in [0.25, 0.3) is 0 Å². The van der Waals surface area contributed by atoms with Crippen LogP contribution in [0.3, 0.4) is 0 Å². The van der Waals surface area contributed by atoms with Gasteiger partial charge in [0.2, 0.25) is 5.91 Å². The van der Waals surface area contributed by atoms with Gasteiger partial charge >= 0.3 is 5.97 Å². The highest BCUT2D eigenvalue weighted by atomic mass is 16.4. The molecule has 0 aliphatic carbocycles. The van der Waals surface area contributed by atoms with Gasteiger partial charge in [0, 0.05) is 5.56 Å². The summed E-state index contributed by atoms with van der Waals surface area (Å²) in [4.78, 5) is 21.9. The van der Waals surface area contributed by atoms with Crippen LogP contribution in [0.2, 0.25) is 0 Å². The predicted octanol–water partition coefficient (Wildman–Crippen LogP) is 1.67. The van der Waals surface area contributed by atoms with Gasteiger partial charge < -0.3 is 10.8 Å². The molecule has 0 saturated heterocycles. The van der Waals surface area contributed by atoms with Gasteiger partial charge in [-0.25, -0.2) is 0 Å². The van der Waals surface area contributed by atoms with Gasteiger partial charge in [0.15, 0.2) is 0 Å². The molecule has 0 aliphatic rings. The number of hydrogen-bond donors (Lipinski definition) is 2. The van der Waals surface area contributed by atoms with Gasteiger partial charge in [-0.2, -0.15) is 0 Å². The van der Waals surface area contributed by atoms with Crippen molar-refractivity contribution in [1.82, 2.24) is 0 Å². The van der Waals surface area contributed by atoms with Crippen molar-refractivity contribution in [1.29, 1.82) is 0 Å². The standard InChI is InChI=1S/C13H17NO3/c1-7-4-10(12(14)15)5-8(2)11(7)6-9(3)13(16)17/h4-5,9H,6H2,1-3H3,(H2,14,15)(H,16,17). The molecule has 3 N–H and O–H groups in total. The van der Waals surface area contributed by atoms with Gasteiger partial charge in [-0.15, -0.1) is 0 Å². The number of rotatable bonds is 4. The lowest BCUT2D eigenvalue weighted by molar-refractivity contribution is -0.141. The van der Waals surface area contributed by atoms with Crippen LogP contribution >= 0.6 is 0 Å². The van der Waals surface area contributed by atoms with Crippen molar-refractivity contribution in [3.8, 4) is 0 Å². The molecule has 92 valence electrons. The van der Waals surface area contributed by atoms with E-state index in [2.05, 4.69) is 0 Å². The first-order chi connectivity index (χ1) is 7.82. The number of amides is 1. The number of carbonyl (C=O) groups is 2. The fourth-order valence-corrected chi connectivity index (χ4v) is 1.85. The van der Waals surface area contributed by atoms with Crippen LogP contribution < -0.4 is 5.73 Å². The van der Waals surface area contributed by atoms with E-state index < -0.39 is 17.8 Å². The van der Waals surface area contributed by atoms with E-state index in [9.17, 15) is 9.59 Å². The number of aliphatic carboxylic acids is 1. The Balaban J connectivity index is 3.10. The average molecular weight is 235 g/mol. The largest absolute Gasteiger partial charge is 0.481 e. The van der Waals surface area contributed by atoms with E-state index in [1.807, 2.05) is 13.8 Å². The van der Waals surface area contributed by atoms with Crippen molar-refractivity contribution in [3.63, 3.8) is 0 Å². The number of nitrogens with two attached hydrogens (primary N) is 1. The molecule has 4 heteroatoms. The second-order valence-corrected chi connectivity index (χ2v) is 4.40. The molecule has 1 atom stereocenters. The highest BCUT2D eigenvalue weighted by Crippen LogP contribution is 2.20. The molecule has 1 amide bonds. The number of carboxylic acids is 1. The van der Waals surface area contributed by atoms with Gasteiger partial charge in [-0.05, 0) is 49.1 Å². The maximum absolute atomic E-state index is 11.1. The summed E-state index contributed by atoms with van der Waals surface area (Å²) in [6.45, 7) is 5.40. The zero-order valence-electron chi connectivity index (χ0n) is 10.3. The quantitative estimate of drug-likeness (QED) is 0.832. The molecule has 4 nitrogen and oxygen atoms in total. The van der Waals surface area contributed by atoms with Crippen LogP contribution in [0.5, 0.6) is 0 Å². The van der Waals surface area contributed by atoms with Crippen molar-refractivity contribution < 1.29 is 14.7 Å². The normalized spacial score (nSPS) is 12.2. The molecule has 17 heavy (non-hydrogen) atoms. The fourth-order valence-electron chi connectivity index (χ4n) is 1.85. The molecule has 1 aromatic carbocycles. The van der Waals surface area contributed by atoms with E-state index in [4.69, 9.17) is 10.8 Å². The van der Waals surface area contributed by atoms with Crippen molar-refractivity contribution in [2.24, 2.45) is 11.7 Å². The van der Waals surface area contributed by atoms with Crippen LogP contribution in [-0.4, -0.2) is 17.0 Å². The summed E-state index contributed by atoms with van der Waals surface area (Å²) in [5.74, 6) is -1.72. The molecule has 0 heterocycles. The van der Waals surface area contributed by atoms with Gasteiger partial charge in [0.1, 0.15) is 0 Å². The third kappa shape index (κ3) is 3.06. The number of benzene rings is 1. The molecule has 0 fully saturated rings. The second-order valence-electron chi connectivity index (χ2n) is 4.40. The van der Waals surface area contributed by atoms with E-state index in [-0.39, 0.29) is 0 Å². The molecule has 0 radical (unpaired) electrons. The molecule has 0 spiro atoms. The molecule has 0 saturated carbocycles. The zero-order chi connectivity index (χ0) is 13.2. The zero-order valence-corrected chi connectivity index (χ0v) is 10.3. The van der Waals surface area contributed by atoms with E-state index in [0.29, 0.717) is 12.0 Å². The number of primary amides is 1. The van der Waals surface area contributed by atoms with Crippen molar-refractivity contribution >= 4 is 11.9 Å². The van der Waals surface area contributed by atoms with Gasteiger partial charge in [-0.3, -0.25) is 9.59 Å². The van der Waals surface area contributed by atoms with Crippen LogP contribution in [0.1, 0.15) is 34.0 Å². The molecular formula is C13H17NO3. The predicted molar refractivity (Wildman–Crippen MR) is 64.9 cm³/mol. The Bertz CT molecular complexity index is 443. The minimum atomic E-state index is -0.817. The molecule has 0 aromatic heterocycles. The van der Waals surface area contributed by atoms with Crippen LogP contribution in [0.4, 0.5) is 0 Å². The third-order valence-electron chi connectivity index (χ3n) is 2.91.